The van der Waals surface area contributed by atoms with Gasteiger partial charge in [0.1, 0.15) is 23.0 Å². The minimum Gasteiger partial charge on any atom is -0.457 e. The Balaban J connectivity index is 1.48. The summed E-state index contributed by atoms with van der Waals surface area (Å²) in [4.78, 5) is 0.772. The minimum atomic E-state index is -3.18. The van der Waals surface area contributed by atoms with Crippen molar-refractivity contribution in [3.05, 3.63) is 97.1 Å². The summed E-state index contributed by atoms with van der Waals surface area (Å²) in [7, 11) is -3.18. The fourth-order valence-electron chi connectivity index (χ4n) is 2.96. The number of benzene rings is 4. The number of hydrogen-bond acceptors (Lipinski definition) is 6. The van der Waals surface area contributed by atoms with Gasteiger partial charge < -0.3 is 20.9 Å². The molecule has 6 N–H and O–H groups in total. The Hall–Kier alpha value is -3.65. The molecule has 0 unspecified atom stereocenters. The summed E-state index contributed by atoms with van der Waals surface area (Å²) in [5.41, 5.74) is 12.7. The van der Waals surface area contributed by atoms with E-state index >= 15 is 0 Å². The Morgan fingerprint density at radius 2 is 0.903 bits per heavy atom. The van der Waals surface area contributed by atoms with E-state index in [2.05, 4.69) is 0 Å². The molecule has 0 aromatic heterocycles. The number of nitrogens with two attached hydrogens (primary N) is 2. The van der Waals surface area contributed by atoms with Crippen LogP contribution in [0.15, 0.2) is 107 Å². The predicted octanol–water partition coefficient (Wildman–Crippen LogP) is 6.60. The van der Waals surface area contributed by atoms with Crippen molar-refractivity contribution >= 4 is 22.0 Å². The Labute approximate surface area is 182 Å². The molecule has 0 aliphatic heterocycles. The van der Waals surface area contributed by atoms with Crippen LogP contribution in [0, 0.1) is 0 Å². The van der Waals surface area contributed by atoms with Crippen LogP contribution in [-0.4, -0.2) is 9.11 Å². The molecular formula is C24H22N2O4S. The lowest BCUT2D eigenvalue weighted by Gasteiger charge is -2.32. The number of hydrogen-bond donors (Lipinski definition) is 4. The fourth-order valence-corrected chi connectivity index (χ4v) is 4.26. The lowest BCUT2D eigenvalue weighted by molar-refractivity contribution is 0.477. The fraction of sp³-hybridized carbons (Fsp3) is 0. The van der Waals surface area contributed by atoms with Crippen LogP contribution in [0.3, 0.4) is 0 Å². The second kappa shape index (κ2) is 8.61. The molecule has 31 heavy (non-hydrogen) atoms. The van der Waals surface area contributed by atoms with Crippen molar-refractivity contribution in [3.63, 3.8) is 0 Å². The molecule has 0 radical (unpaired) electrons. The molecule has 0 heterocycles. The summed E-state index contributed by atoms with van der Waals surface area (Å²) in [5, 5.41) is 0. The third kappa shape index (κ3) is 4.92. The summed E-state index contributed by atoms with van der Waals surface area (Å²) >= 11 is 0. The molecule has 158 valence electrons. The maximum atomic E-state index is 10.8. The molecule has 0 amide bonds. The third-order valence-corrected chi connectivity index (χ3v) is 6.35. The zero-order valence-electron chi connectivity index (χ0n) is 16.5. The monoisotopic (exact) mass is 434 g/mol. The van der Waals surface area contributed by atoms with E-state index in [1.807, 2.05) is 0 Å². The highest BCUT2D eigenvalue weighted by molar-refractivity contribution is 8.24. The van der Waals surface area contributed by atoms with Gasteiger partial charge in [-0.2, -0.15) is 0 Å². The van der Waals surface area contributed by atoms with Crippen LogP contribution >= 0.6 is 10.6 Å². The molecule has 7 heteroatoms. The van der Waals surface area contributed by atoms with Crippen molar-refractivity contribution in [3.8, 4) is 23.0 Å². The Morgan fingerprint density at radius 1 is 0.516 bits per heavy atom. The Bertz CT molecular complexity index is 1090. The molecule has 4 aromatic carbocycles. The molecule has 0 aliphatic rings. The zero-order chi connectivity index (χ0) is 21.8. The molecule has 0 bridgehead atoms. The van der Waals surface area contributed by atoms with E-state index in [9.17, 15) is 9.11 Å². The largest absolute Gasteiger partial charge is 0.457 e. The lowest BCUT2D eigenvalue weighted by atomic mass is 10.3. The number of ether oxygens (including phenoxy) is 2. The summed E-state index contributed by atoms with van der Waals surface area (Å²) in [6.07, 6.45) is 0. The van der Waals surface area contributed by atoms with Gasteiger partial charge in [-0.1, -0.05) is 12.1 Å². The zero-order valence-corrected chi connectivity index (χ0v) is 17.3. The molecule has 0 aliphatic carbocycles. The van der Waals surface area contributed by atoms with E-state index in [4.69, 9.17) is 20.9 Å². The Morgan fingerprint density at radius 3 is 1.26 bits per heavy atom. The first kappa shape index (κ1) is 20.6. The molecule has 6 nitrogen and oxygen atoms in total. The third-order valence-electron chi connectivity index (χ3n) is 4.49. The van der Waals surface area contributed by atoms with Gasteiger partial charge in [-0.25, -0.2) is 0 Å². The van der Waals surface area contributed by atoms with E-state index in [1.165, 1.54) is 0 Å². The van der Waals surface area contributed by atoms with Gasteiger partial charge >= 0.3 is 0 Å². The highest BCUT2D eigenvalue weighted by atomic mass is 32.3. The molecular weight excluding hydrogens is 412 g/mol. The topological polar surface area (TPSA) is 111 Å². The van der Waals surface area contributed by atoms with Gasteiger partial charge in [0, 0.05) is 23.5 Å². The second-order valence-electron chi connectivity index (χ2n) is 6.84. The van der Waals surface area contributed by atoms with Crippen molar-refractivity contribution in [1.82, 2.24) is 0 Å². The lowest BCUT2D eigenvalue weighted by Crippen LogP contribution is -1.99. The number of anilines is 2. The SMILES string of the molecule is Nc1cccc(Oc2ccc(S(O)(O)c3ccc(Oc4cccc(N)c4)cc3)cc2)c1. The summed E-state index contributed by atoms with van der Waals surface area (Å²) in [5.74, 6) is 2.34. The molecule has 0 saturated heterocycles. The van der Waals surface area contributed by atoms with Crippen molar-refractivity contribution < 1.29 is 18.6 Å². The average Bonchev–Trinajstić information content (AvgIpc) is 2.75. The highest BCUT2D eigenvalue weighted by Crippen LogP contribution is 2.56. The first-order valence-corrected chi connectivity index (χ1v) is 11.0. The average molecular weight is 435 g/mol. The molecule has 0 spiro atoms. The van der Waals surface area contributed by atoms with Gasteiger partial charge in [-0.3, -0.25) is 9.11 Å². The quantitative estimate of drug-likeness (QED) is 0.254. The molecule has 0 saturated carbocycles. The van der Waals surface area contributed by atoms with E-state index in [0.29, 0.717) is 44.2 Å². The molecule has 0 atom stereocenters. The van der Waals surface area contributed by atoms with Crippen LogP contribution in [0.5, 0.6) is 23.0 Å². The second-order valence-corrected chi connectivity index (χ2v) is 8.88. The first-order valence-electron chi connectivity index (χ1n) is 9.45. The van der Waals surface area contributed by atoms with Crippen LogP contribution in [0.1, 0.15) is 0 Å². The maximum absolute atomic E-state index is 10.8. The summed E-state index contributed by atoms with van der Waals surface area (Å²) in [6, 6.07) is 27.5. The van der Waals surface area contributed by atoms with E-state index in [-0.39, 0.29) is 0 Å². The van der Waals surface area contributed by atoms with Gasteiger partial charge in [0.2, 0.25) is 0 Å². The van der Waals surface area contributed by atoms with Gasteiger partial charge in [0.15, 0.2) is 0 Å². The van der Waals surface area contributed by atoms with Crippen molar-refractivity contribution in [2.24, 2.45) is 0 Å². The highest BCUT2D eigenvalue weighted by Gasteiger charge is 2.19. The van der Waals surface area contributed by atoms with Crippen molar-refractivity contribution in [2.45, 2.75) is 9.79 Å². The van der Waals surface area contributed by atoms with Crippen LogP contribution in [0.2, 0.25) is 0 Å². The van der Waals surface area contributed by atoms with Gasteiger partial charge in [0.05, 0.1) is 9.79 Å². The van der Waals surface area contributed by atoms with E-state index in [0.717, 1.165) is 0 Å². The van der Waals surface area contributed by atoms with Crippen LogP contribution in [0.25, 0.3) is 0 Å². The van der Waals surface area contributed by atoms with Gasteiger partial charge in [-0.05, 0) is 72.8 Å². The van der Waals surface area contributed by atoms with E-state index < -0.39 is 10.6 Å². The van der Waals surface area contributed by atoms with Crippen molar-refractivity contribution in [1.29, 1.82) is 0 Å². The summed E-state index contributed by atoms with van der Waals surface area (Å²) in [6.45, 7) is 0. The van der Waals surface area contributed by atoms with Gasteiger partial charge in [-0.15, -0.1) is 10.6 Å². The molecule has 0 fully saturated rings. The normalized spacial score (nSPS) is 11.7. The Kier molecular flexibility index (Phi) is 5.73. The van der Waals surface area contributed by atoms with Crippen LogP contribution in [-0.2, 0) is 0 Å². The van der Waals surface area contributed by atoms with E-state index in [1.54, 1.807) is 97.1 Å². The van der Waals surface area contributed by atoms with Gasteiger partial charge in [0.25, 0.3) is 0 Å². The van der Waals surface area contributed by atoms with Crippen molar-refractivity contribution in [2.75, 3.05) is 11.5 Å². The first-order chi connectivity index (χ1) is 14.9. The maximum Gasteiger partial charge on any atom is 0.129 e. The predicted molar refractivity (Wildman–Crippen MR) is 124 cm³/mol. The minimum absolute atomic E-state index is 0.386. The van der Waals surface area contributed by atoms with Crippen LogP contribution < -0.4 is 20.9 Å². The number of nitrogen functional groups attached to an aromatic ring is 2. The molecule has 4 rings (SSSR count). The molecule has 4 aromatic rings. The summed E-state index contributed by atoms with van der Waals surface area (Å²) < 4.78 is 33.1. The smallest absolute Gasteiger partial charge is 0.129 e. The van der Waals surface area contributed by atoms with Crippen LogP contribution in [0.4, 0.5) is 11.4 Å². The standard InChI is InChI=1S/C24H22N2O4S/c25-17-3-1-5-21(15-17)29-19-7-11-23(12-8-19)31(27,28)24-13-9-20(10-14-24)30-22-6-2-4-18(26)16-22/h1-16,27-28H,25-26H2. The number of rotatable bonds is 6.